The van der Waals surface area contributed by atoms with Crippen molar-refractivity contribution in [3.05, 3.63) is 59.7 Å². The van der Waals surface area contributed by atoms with Crippen molar-refractivity contribution in [3.8, 4) is 23.3 Å². The van der Waals surface area contributed by atoms with E-state index in [4.69, 9.17) is 5.26 Å². The van der Waals surface area contributed by atoms with Crippen molar-refractivity contribution >= 4 is 11.8 Å². The van der Waals surface area contributed by atoms with Crippen molar-refractivity contribution in [1.29, 1.82) is 10.5 Å². The predicted octanol–water partition coefficient (Wildman–Crippen LogP) is 2.69. The molecule has 2 amide bonds. The van der Waals surface area contributed by atoms with Gasteiger partial charge in [-0.3, -0.25) is 9.59 Å². The summed E-state index contributed by atoms with van der Waals surface area (Å²) in [4.78, 5) is 24.6. The molecule has 3 N–H and O–H groups in total. The number of amides is 2. The lowest BCUT2D eigenvalue weighted by Crippen LogP contribution is -2.49. The lowest BCUT2D eigenvalue weighted by molar-refractivity contribution is -0.124. The summed E-state index contributed by atoms with van der Waals surface area (Å²) in [6.45, 7) is 1.15. The topological polar surface area (TPSA) is 118 Å². The summed E-state index contributed by atoms with van der Waals surface area (Å²) >= 11 is 0. The van der Waals surface area contributed by atoms with E-state index >= 15 is 0 Å². The average Bonchev–Trinajstić information content (AvgIpc) is 2.84. The minimum absolute atomic E-state index is 0.113. The lowest BCUT2D eigenvalue weighted by atomic mass is 9.99. The SMILES string of the molecule is N#CCCNC(=O)c1cccc(-c2ccc(C[C@@H](C#N)NC(=O)[C@@H]3CCCCN3)cc2)c1. The lowest BCUT2D eigenvalue weighted by Gasteiger charge is -2.23. The second-order valence-electron chi connectivity index (χ2n) is 7.84. The number of nitriles is 2. The van der Waals surface area contributed by atoms with E-state index in [1.807, 2.05) is 48.5 Å². The molecular formula is C25H27N5O2. The molecule has 0 radical (unpaired) electrons. The first kappa shape index (κ1) is 23.0. The van der Waals surface area contributed by atoms with Crippen LogP contribution in [0.15, 0.2) is 48.5 Å². The third-order valence-corrected chi connectivity index (χ3v) is 5.47. The number of hydrogen-bond donors (Lipinski definition) is 3. The van der Waals surface area contributed by atoms with Crippen LogP contribution in [0.5, 0.6) is 0 Å². The number of rotatable bonds is 8. The van der Waals surface area contributed by atoms with E-state index in [0.29, 0.717) is 18.5 Å². The second-order valence-corrected chi connectivity index (χ2v) is 7.84. The molecule has 3 rings (SSSR count). The van der Waals surface area contributed by atoms with E-state index in [0.717, 1.165) is 42.5 Å². The van der Waals surface area contributed by atoms with Gasteiger partial charge in [0, 0.05) is 18.5 Å². The van der Waals surface area contributed by atoms with Crippen molar-refractivity contribution in [1.82, 2.24) is 16.0 Å². The highest BCUT2D eigenvalue weighted by molar-refractivity contribution is 5.95. The van der Waals surface area contributed by atoms with Crippen molar-refractivity contribution in [2.75, 3.05) is 13.1 Å². The Morgan fingerprint density at radius 1 is 1.09 bits per heavy atom. The fourth-order valence-corrected chi connectivity index (χ4v) is 3.72. The van der Waals surface area contributed by atoms with Gasteiger partial charge in [0.2, 0.25) is 5.91 Å². The molecule has 0 spiro atoms. The zero-order valence-corrected chi connectivity index (χ0v) is 17.9. The number of carbonyl (C=O) groups is 2. The fraction of sp³-hybridized carbons (Fsp3) is 0.360. The summed E-state index contributed by atoms with van der Waals surface area (Å²) in [5, 5.41) is 26.9. The molecule has 2 atom stereocenters. The Hall–Kier alpha value is -3.68. The van der Waals surface area contributed by atoms with Gasteiger partial charge in [0.15, 0.2) is 0 Å². The number of nitrogens with one attached hydrogen (secondary N) is 3. The quantitative estimate of drug-likeness (QED) is 0.558. The normalized spacial score (nSPS) is 16.2. The first-order valence-corrected chi connectivity index (χ1v) is 10.9. The molecule has 32 heavy (non-hydrogen) atoms. The summed E-state index contributed by atoms with van der Waals surface area (Å²) in [5.41, 5.74) is 3.33. The van der Waals surface area contributed by atoms with Crippen LogP contribution in [0.25, 0.3) is 11.1 Å². The fourth-order valence-electron chi connectivity index (χ4n) is 3.72. The minimum Gasteiger partial charge on any atom is -0.351 e. The Balaban J connectivity index is 1.61. The molecule has 0 saturated carbocycles. The number of carbonyl (C=O) groups excluding carboxylic acids is 2. The van der Waals surface area contributed by atoms with Crippen molar-refractivity contribution in [2.45, 2.75) is 44.2 Å². The van der Waals surface area contributed by atoms with Crippen LogP contribution in [-0.4, -0.2) is 37.0 Å². The molecule has 1 fully saturated rings. The van der Waals surface area contributed by atoms with Gasteiger partial charge in [-0.15, -0.1) is 0 Å². The van der Waals surface area contributed by atoms with Crippen LogP contribution >= 0.6 is 0 Å². The Morgan fingerprint density at radius 2 is 1.91 bits per heavy atom. The Morgan fingerprint density at radius 3 is 2.59 bits per heavy atom. The smallest absolute Gasteiger partial charge is 0.251 e. The molecular weight excluding hydrogens is 402 g/mol. The van der Waals surface area contributed by atoms with Gasteiger partial charge in [-0.1, -0.05) is 42.8 Å². The van der Waals surface area contributed by atoms with Crippen LogP contribution in [0.2, 0.25) is 0 Å². The highest BCUT2D eigenvalue weighted by Crippen LogP contribution is 2.21. The molecule has 0 bridgehead atoms. The van der Waals surface area contributed by atoms with Crippen LogP contribution in [0.3, 0.4) is 0 Å². The van der Waals surface area contributed by atoms with Crippen LogP contribution in [-0.2, 0) is 11.2 Å². The maximum Gasteiger partial charge on any atom is 0.251 e. The van der Waals surface area contributed by atoms with Gasteiger partial charge in [-0.25, -0.2) is 0 Å². The van der Waals surface area contributed by atoms with Gasteiger partial charge in [0.25, 0.3) is 5.91 Å². The van der Waals surface area contributed by atoms with E-state index in [9.17, 15) is 14.9 Å². The van der Waals surface area contributed by atoms with Crippen molar-refractivity contribution in [3.63, 3.8) is 0 Å². The molecule has 1 saturated heterocycles. The second kappa shape index (κ2) is 11.6. The van der Waals surface area contributed by atoms with Crippen LogP contribution in [0, 0.1) is 22.7 Å². The van der Waals surface area contributed by atoms with E-state index in [1.54, 1.807) is 6.07 Å². The average molecular weight is 430 g/mol. The zero-order valence-electron chi connectivity index (χ0n) is 17.9. The van der Waals surface area contributed by atoms with Crippen LogP contribution in [0.1, 0.15) is 41.6 Å². The van der Waals surface area contributed by atoms with Gasteiger partial charge in [-0.05, 0) is 48.2 Å². The maximum absolute atomic E-state index is 12.4. The van der Waals surface area contributed by atoms with Gasteiger partial charge >= 0.3 is 0 Å². The van der Waals surface area contributed by atoms with Gasteiger partial charge in [0.1, 0.15) is 6.04 Å². The third kappa shape index (κ3) is 6.41. The van der Waals surface area contributed by atoms with Crippen molar-refractivity contribution in [2.24, 2.45) is 0 Å². The zero-order chi connectivity index (χ0) is 22.8. The molecule has 1 heterocycles. The Kier molecular flexibility index (Phi) is 8.36. The maximum atomic E-state index is 12.4. The van der Waals surface area contributed by atoms with E-state index in [-0.39, 0.29) is 24.3 Å². The number of piperidine rings is 1. The number of hydrogen-bond acceptors (Lipinski definition) is 5. The standard InChI is InChI=1S/C25H27N5O2/c26-12-4-14-29-24(31)21-6-3-5-20(16-21)19-10-8-18(9-11-19)15-22(17-27)30-25(32)23-7-1-2-13-28-23/h3,5-6,8-11,16,22-23,28H,1-2,4,7,13-15H2,(H,29,31)(H,30,32)/t22-,23-/m0/s1. The van der Waals surface area contributed by atoms with Crippen LogP contribution in [0.4, 0.5) is 0 Å². The molecule has 0 aromatic heterocycles. The van der Waals surface area contributed by atoms with E-state index in [2.05, 4.69) is 22.0 Å². The van der Waals surface area contributed by atoms with Crippen LogP contribution < -0.4 is 16.0 Å². The monoisotopic (exact) mass is 429 g/mol. The molecule has 164 valence electrons. The van der Waals surface area contributed by atoms with Crippen molar-refractivity contribution < 1.29 is 9.59 Å². The largest absolute Gasteiger partial charge is 0.351 e. The highest BCUT2D eigenvalue weighted by atomic mass is 16.2. The summed E-state index contributed by atoms with van der Waals surface area (Å²) in [7, 11) is 0. The summed E-state index contributed by atoms with van der Waals surface area (Å²) in [6.07, 6.45) is 3.60. The molecule has 2 aromatic rings. The highest BCUT2D eigenvalue weighted by Gasteiger charge is 2.23. The summed E-state index contributed by atoms with van der Waals surface area (Å²) in [5.74, 6) is -0.323. The van der Waals surface area contributed by atoms with Gasteiger partial charge in [0.05, 0.1) is 24.6 Å². The molecule has 0 aliphatic carbocycles. The predicted molar refractivity (Wildman–Crippen MR) is 121 cm³/mol. The summed E-state index contributed by atoms with van der Waals surface area (Å²) < 4.78 is 0. The molecule has 1 aliphatic rings. The van der Waals surface area contributed by atoms with E-state index in [1.165, 1.54) is 0 Å². The van der Waals surface area contributed by atoms with Gasteiger partial charge < -0.3 is 16.0 Å². The Labute approximate surface area is 188 Å². The molecule has 7 heteroatoms. The molecule has 1 aliphatic heterocycles. The minimum atomic E-state index is -0.586. The van der Waals surface area contributed by atoms with Gasteiger partial charge in [-0.2, -0.15) is 10.5 Å². The summed E-state index contributed by atoms with van der Waals surface area (Å²) in [6, 6.07) is 18.4. The number of nitrogens with zero attached hydrogens (tertiary/aromatic N) is 2. The molecule has 2 aromatic carbocycles. The van der Waals surface area contributed by atoms with E-state index < -0.39 is 6.04 Å². The molecule has 7 nitrogen and oxygen atoms in total. The first-order valence-electron chi connectivity index (χ1n) is 10.9. The molecule has 0 unspecified atom stereocenters. The Bertz CT molecular complexity index is 1010. The first-order chi connectivity index (χ1) is 15.6. The third-order valence-electron chi connectivity index (χ3n) is 5.47. The number of benzene rings is 2.